The molecule has 0 saturated heterocycles. The molecular formula is C38H44O6S2. The molecule has 244 valence electrons. The van der Waals surface area contributed by atoms with Crippen LogP contribution in [-0.2, 0) is 29.3 Å². The lowest BCUT2D eigenvalue weighted by Crippen LogP contribution is -2.34. The van der Waals surface area contributed by atoms with E-state index >= 15 is 0 Å². The molecule has 6 aliphatic rings. The Morgan fingerprint density at radius 1 is 0.565 bits per heavy atom. The molecule has 0 aromatic heterocycles. The molecule has 0 aliphatic heterocycles. The van der Waals surface area contributed by atoms with E-state index in [1.54, 1.807) is 0 Å². The molecule has 0 radical (unpaired) electrons. The second kappa shape index (κ2) is 9.40. The monoisotopic (exact) mass is 660 g/mol. The van der Waals surface area contributed by atoms with Crippen LogP contribution in [0.5, 0.6) is 0 Å². The molecule has 4 saturated carbocycles. The van der Waals surface area contributed by atoms with E-state index in [1.807, 2.05) is 79.7 Å². The first kappa shape index (κ1) is 31.7. The predicted molar refractivity (Wildman–Crippen MR) is 178 cm³/mol. The van der Waals surface area contributed by atoms with Crippen molar-refractivity contribution in [2.24, 2.45) is 34.5 Å². The molecule has 0 bridgehead atoms. The molecular weight excluding hydrogens is 617 g/mol. The Morgan fingerprint density at radius 3 is 1.15 bits per heavy atom. The van der Waals surface area contributed by atoms with Gasteiger partial charge in [0.2, 0.25) is 0 Å². The molecule has 4 fully saturated rings. The van der Waals surface area contributed by atoms with Gasteiger partial charge in [-0.25, -0.2) is 16.8 Å². The van der Waals surface area contributed by atoms with Crippen molar-refractivity contribution in [3.05, 3.63) is 82.0 Å². The fourth-order valence-corrected chi connectivity index (χ4v) is 17.2. The summed E-state index contributed by atoms with van der Waals surface area (Å²) in [5, 5.41) is 0. The van der Waals surface area contributed by atoms with Crippen LogP contribution in [0.4, 0.5) is 0 Å². The van der Waals surface area contributed by atoms with Gasteiger partial charge in [0.25, 0.3) is 0 Å². The maximum atomic E-state index is 13.6. The lowest BCUT2D eigenvalue weighted by Gasteiger charge is -2.25. The highest BCUT2D eigenvalue weighted by Crippen LogP contribution is 2.76. The first-order valence-corrected chi connectivity index (χ1v) is 19.4. The third kappa shape index (κ3) is 3.63. The zero-order chi connectivity index (χ0) is 33.6. The van der Waals surface area contributed by atoms with Gasteiger partial charge < -0.3 is 0 Å². The Labute approximate surface area is 273 Å². The molecule has 2 aromatic rings. The number of fused-ring (bicyclic) bond motifs is 2. The van der Waals surface area contributed by atoms with E-state index in [-0.39, 0.29) is 46.1 Å². The predicted octanol–water partition coefficient (Wildman–Crippen LogP) is 6.62. The van der Waals surface area contributed by atoms with Crippen LogP contribution in [0.2, 0.25) is 0 Å². The summed E-state index contributed by atoms with van der Waals surface area (Å²) in [4.78, 5) is 26.5. The van der Waals surface area contributed by atoms with Gasteiger partial charge in [-0.05, 0) is 99.3 Å². The van der Waals surface area contributed by atoms with Gasteiger partial charge in [0.05, 0.1) is 9.79 Å². The number of hydrogen-bond acceptors (Lipinski definition) is 6. The summed E-state index contributed by atoms with van der Waals surface area (Å²) in [7, 11) is -7.35. The molecule has 8 heteroatoms. The van der Waals surface area contributed by atoms with E-state index in [0.717, 1.165) is 33.4 Å². The summed E-state index contributed by atoms with van der Waals surface area (Å²) in [5.41, 5.74) is 4.58. The van der Waals surface area contributed by atoms with E-state index in [0.29, 0.717) is 35.5 Å². The topological polar surface area (TPSA) is 102 Å². The lowest BCUT2D eigenvalue weighted by molar-refractivity contribution is -0.120. The van der Waals surface area contributed by atoms with Gasteiger partial charge in [0, 0.05) is 24.7 Å². The number of benzene rings is 2. The quantitative estimate of drug-likeness (QED) is 0.342. The lowest BCUT2D eigenvalue weighted by atomic mass is 9.78. The van der Waals surface area contributed by atoms with Crippen LogP contribution < -0.4 is 0 Å². The molecule has 0 unspecified atom stereocenters. The van der Waals surface area contributed by atoms with Gasteiger partial charge >= 0.3 is 0 Å². The minimum absolute atomic E-state index is 0.0381. The molecule has 2 aromatic carbocycles. The van der Waals surface area contributed by atoms with Crippen LogP contribution in [0.15, 0.2) is 58.4 Å². The zero-order valence-corrected chi connectivity index (χ0v) is 29.7. The highest BCUT2D eigenvalue weighted by Gasteiger charge is 2.85. The number of sulfone groups is 2. The first-order chi connectivity index (χ1) is 21.3. The Hall–Kier alpha value is -2.84. The summed E-state index contributed by atoms with van der Waals surface area (Å²) in [6.45, 7) is 15.4. The van der Waals surface area contributed by atoms with Crippen molar-refractivity contribution in [2.45, 2.75) is 100 Å². The maximum Gasteiger partial charge on any atom is 0.192 e. The van der Waals surface area contributed by atoms with Crippen molar-refractivity contribution < 1.29 is 26.4 Å². The van der Waals surface area contributed by atoms with Crippen LogP contribution in [0.1, 0.15) is 72.9 Å². The second-order valence-electron chi connectivity index (χ2n) is 15.7. The van der Waals surface area contributed by atoms with Gasteiger partial charge in [0.1, 0.15) is 9.49 Å². The largest absolute Gasteiger partial charge is 0.298 e. The third-order valence-electron chi connectivity index (χ3n) is 12.4. The summed E-state index contributed by atoms with van der Waals surface area (Å²) in [6.07, 6.45) is 10.4. The Kier molecular flexibility index (Phi) is 6.49. The van der Waals surface area contributed by atoms with E-state index in [9.17, 15) is 26.4 Å². The van der Waals surface area contributed by atoms with E-state index in [1.165, 1.54) is 0 Å². The second-order valence-corrected chi connectivity index (χ2v) is 19.9. The van der Waals surface area contributed by atoms with Gasteiger partial charge in [0.15, 0.2) is 31.2 Å². The average molecular weight is 661 g/mol. The number of allylic oxidation sites excluding steroid dienone is 4. The maximum absolute atomic E-state index is 13.6. The van der Waals surface area contributed by atoms with Gasteiger partial charge in [-0.15, -0.1) is 0 Å². The summed E-state index contributed by atoms with van der Waals surface area (Å²) >= 11 is 0. The van der Waals surface area contributed by atoms with E-state index in [4.69, 9.17) is 0 Å². The number of Topliss-reactive ketones (excluding diaryl/α,β-unsaturated/α-hetero) is 2. The molecule has 0 amide bonds. The van der Waals surface area contributed by atoms with Gasteiger partial charge in [-0.1, -0.05) is 73.5 Å². The van der Waals surface area contributed by atoms with E-state index < -0.39 is 29.2 Å². The standard InChI is InChI=1S/2C19H22O3S/c2*1-11-8-12(2)16(13(3)9-11)23(21,22)19-14-6-5-7-18(4,17(14)19)10-15(19)20/h2*5,7-9,14,17H,6,10H2,1-4H3/t2*14-,17-,18-,19-/m11/s1. The highest BCUT2D eigenvalue weighted by atomic mass is 32.2. The molecule has 0 spiro atoms. The van der Waals surface area contributed by atoms with Crippen LogP contribution >= 0.6 is 0 Å². The number of rotatable bonds is 4. The fraction of sp³-hybridized carbons (Fsp3) is 0.526. The normalized spacial score (nSPS) is 37.8. The van der Waals surface area contributed by atoms with Gasteiger partial charge in [-0.3, -0.25) is 9.59 Å². The van der Waals surface area contributed by atoms with Crippen LogP contribution in [0.25, 0.3) is 0 Å². The van der Waals surface area contributed by atoms with Crippen LogP contribution in [0, 0.1) is 76.0 Å². The highest BCUT2D eigenvalue weighted by molar-refractivity contribution is 7.94. The SMILES string of the molecule is Cc1cc(C)c(S(=O)(=O)[C@@]23C(=O)C[C@@]4(C)C=CC[C@@H]2[C@@H]34)c(C)c1.Cc1cc(C)c(S(=O)(=O)[C@@]23C(=O)C[C@@]4(C)C=CC[C@@H]2[C@@H]34)c(C)c1. The number of ketones is 2. The first-order valence-electron chi connectivity index (χ1n) is 16.4. The Bertz CT molecular complexity index is 1860. The molecule has 0 N–H and O–H groups in total. The van der Waals surface area contributed by atoms with Crippen molar-refractivity contribution >= 4 is 31.2 Å². The Balaban J connectivity index is 0.000000147. The van der Waals surface area contributed by atoms with Crippen LogP contribution in [0.3, 0.4) is 0 Å². The van der Waals surface area contributed by atoms with Crippen molar-refractivity contribution in [3.63, 3.8) is 0 Å². The number of aryl methyl sites for hydroxylation is 6. The van der Waals surface area contributed by atoms with Crippen LogP contribution in [-0.4, -0.2) is 37.9 Å². The summed E-state index contributed by atoms with van der Waals surface area (Å²) in [6, 6.07) is 7.61. The van der Waals surface area contributed by atoms with Crippen molar-refractivity contribution in [1.82, 2.24) is 0 Å². The molecule has 6 nitrogen and oxygen atoms in total. The molecule has 0 heterocycles. The third-order valence-corrected chi connectivity index (χ3v) is 18.1. The minimum atomic E-state index is -3.67. The van der Waals surface area contributed by atoms with Gasteiger partial charge in [-0.2, -0.15) is 0 Å². The smallest absolute Gasteiger partial charge is 0.192 e. The number of carbonyl (C=O) groups excluding carboxylic acids is 2. The molecule has 8 rings (SSSR count). The average Bonchev–Trinajstić information content (AvgIpc) is 3.74. The number of carbonyl (C=O) groups is 2. The van der Waals surface area contributed by atoms with Crippen molar-refractivity contribution in [3.8, 4) is 0 Å². The van der Waals surface area contributed by atoms with E-state index in [2.05, 4.69) is 24.3 Å². The van der Waals surface area contributed by atoms with Crippen molar-refractivity contribution in [1.29, 1.82) is 0 Å². The molecule has 6 aliphatic carbocycles. The fourth-order valence-electron chi connectivity index (χ4n) is 11.2. The molecule has 8 atom stereocenters. The molecule has 46 heavy (non-hydrogen) atoms. The minimum Gasteiger partial charge on any atom is -0.298 e. The summed E-state index contributed by atoms with van der Waals surface area (Å²) in [5.74, 6) is -0.305. The zero-order valence-electron chi connectivity index (χ0n) is 28.0. The number of hydrogen-bond donors (Lipinski definition) is 0. The Morgan fingerprint density at radius 2 is 0.870 bits per heavy atom. The van der Waals surface area contributed by atoms with Crippen molar-refractivity contribution in [2.75, 3.05) is 0 Å². The summed E-state index contributed by atoms with van der Waals surface area (Å²) < 4.78 is 52.0.